The third-order valence-corrected chi connectivity index (χ3v) is 3.57. The first-order chi connectivity index (χ1) is 7.58. The zero-order valence-corrected chi connectivity index (χ0v) is 10.5. The second-order valence-corrected chi connectivity index (χ2v) is 4.89. The Bertz CT molecular complexity index is 381. The Morgan fingerprint density at radius 2 is 2.12 bits per heavy atom. The molecule has 1 atom stereocenters. The van der Waals surface area contributed by atoms with E-state index in [0.717, 1.165) is 36.0 Å². The number of nitrogens with two attached hydrogens (primary N) is 1. The molecular weight excluding hydrogens is 222 g/mol. The van der Waals surface area contributed by atoms with E-state index in [-0.39, 0.29) is 0 Å². The highest BCUT2D eigenvalue weighted by molar-refractivity contribution is 6.33. The van der Waals surface area contributed by atoms with E-state index >= 15 is 0 Å². The van der Waals surface area contributed by atoms with Crippen molar-refractivity contribution in [3.05, 3.63) is 23.2 Å². The zero-order valence-electron chi connectivity index (χ0n) is 9.78. The van der Waals surface area contributed by atoms with Crippen molar-refractivity contribution in [3.8, 4) is 0 Å². The fraction of sp³-hybridized carbons (Fsp3) is 0.500. The summed E-state index contributed by atoms with van der Waals surface area (Å²) in [5.41, 5.74) is 7.51. The molecule has 0 amide bonds. The van der Waals surface area contributed by atoms with Gasteiger partial charge in [0.2, 0.25) is 0 Å². The summed E-state index contributed by atoms with van der Waals surface area (Å²) in [5, 5.41) is 0.747. The lowest BCUT2D eigenvalue weighted by Gasteiger charge is -2.39. The normalized spacial score (nSPS) is 22.4. The van der Waals surface area contributed by atoms with Crippen molar-refractivity contribution >= 4 is 23.0 Å². The molecule has 1 aliphatic rings. The van der Waals surface area contributed by atoms with Crippen molar-refractivity contribution in [1.82, 2.24) is 4.90 Å². The quantitative estimate of drug-likeness (QED) is 0.762. The SMILES string of the molecule is CC1CN(c2ccc(N)cc2Cl)CCN1C. The number of nitrogens with zero attached hydrogens (tertiary/aromatic N) is 2. The van der Waals surface area contributed by atoms with Crippen molar-refractivity contribution < 1.29 is 0 Å². The molecular formula is C12H18ClN3. The molecule has 0 radical (unpaired) electrons. The number of benzene rings is 1. The molecule has 1 aliphatic heterocycles. The Morgan fingerprint density at radius 3 is 2.75 bits per heavy atom. The van der Waals surface area contributed by atoms with Crippen molar-refractivity contribution in [2.45, 2.75) is 13.0 Å². The van der Waals surface area contributed by atoms with Crippen LogP contribution in [0.5, 0.6) is 0 Å². The first-order valence-corrected chi connectivity index (χ1v) is 5.96. The van der Waals surface area contributed by atoms with Crippen LogP contribution in [0.2, 0.25) is 5.02 Å². The summed E-state index contributed by atoms with van der Waals surface area (Å²) >= 11 is 6.21. The van der Waals surface area contributed by atoms with Crippen LogP contribution in [0.4, 0.5) is 11.4 Å². The maximum Gasteiger partial charge on any atom is 0.0660 e. The van der Waals surface area contributed by atoms with E-state index < -0.39 is 0 Å². The lowest BCUT2D eigenvalue weighted by Crippen LogP contribution is -2.50. The van der Waals surface area contributed by atoms with Crippen LogP contribution >= 0.6 is 11.6 Å². The summed E-state index contributed by atoms with van der Waals surface area (Å²) < 4.78 is 0. The molecule has 0 bridgehead atoms. The first-order valence-electron chi connectivity index (χ1n) is 5.58. The fourth-order valence-corrected chi connectivity index (χ4v) is 2.36. The van der Waals surface area contributed by atoms with Gasteiger partial charge in [-0.1, -0.05) is 11.6 Å². The Balaban J connectivity index is 2.18. The van der Waals surface area contributed by atoms with E-state index in [1.54, 1.807) is 0 Å². The molecule has 1 aromatic rings. The van der Waals surface area contributed by atoms with Gasteiger partial charge in [-0.05, 0) is 32.2 Å². The molecule has 16 heavy (non-hydrogen) atoms. The van der Waals surface area contributed by atoms with Gasteiger partial charge in [-0.25, -0.2) is 0 Å². The predicted molar refractivity (Wildman–Crippen MR) is 70.2 cm³/mol. The predicted octanol–water partition coefficient (Wildman–Crippen LogP) is 2.06. The van der Waals surface area contributed by atoms with Crippen LogP contribution in [-0.2, 0) is 0 Å². The van der Waals surface area contributed by atoms with Crippen molar-refractivity contribution in [2.24, 2.45) is 0 Å². The molecule has 0 spiro atoms. The van der Waals surface area contributed by atoms with Crippen LogP contribution in [0, 0.1) is 0 Å². The number of anilines is 2. The molecule has 1 heterocycles. The summed E-state index contributed by atoms with van der Waals surface area (Å²) in [6, 6.07) is 6.29. The van der Waals surface area contributed by atoms with Crippen molar-refractivity contribution in [3.63, 3.8) is 0 Å². The molecule has 4 heteroatoms. The van der Waals surface area contributed by atoms with E-state index in [4.69, 9.17) is 17.3 Å². The topological polar surface area (TPSA) is 32.5 Å². The Hall–Kier alpha value is -0.930. The van der Waals surface area contributed by atoms with Gasteiger partial charge in [0, 0.05) is 31.4 Å². The van der Waals surface area contributed by atoms with Crippen LogP contribution in [-0.4, -0.2) is 37.6 Å². The van der Waals surface area contributed by atoms with Crippen LogP contribution in [0.25, 0.3) is 0 Å². The molecule has 2 N–H and O–H groups in total. The van der Waals surface area contributed by atoms with Gasteiger partial charge in [0.25, 0.3) is 0 Å². The van der Waals surface area contributed by atoms with Gasteiger partial charge >= 0.3 is 0 Å². The van der Waals surface area contributed by atoms with Crippen LogP contribution in [0.3, 0.4) is 0 Å². The molecule has 1 aromatic carbocycles. The molecule has 1 unspecified atom stereocenters. The van der Waals surface area contributed by atoms with E-state index in [2.05, 4.69) is 23.8 Å². The maximum absolute atomic E-state index is 6.21. The van der Waals surface area contributed by atoms with Crippen LogP contribution < -0.4 is 10.6 Å². The highest BCUT2D eigenvalue weighted by atomic mass is 35.5. The zero-order chi connectivity index (χ0) is 11.7. The second kappa shape index (κ2) is 4.52. The van der Waals surface area contributed by atoms with Gasteiger partial charge in [-0.2, -0.15) is 0 Å². The third-order valence-electron chi connectivity index (χ3n) is 3.27. The Kier molecular flexibility index (Phi) is 3.26. The summed E-state index contributed by atoms with van der Waals surface area (Å²) in [6.45, 7) is 5.34. The molecule has 3 nitrogen and oxygen atoms in total. The standard InChI is InChI=1S/C12H18ClN3/c1-9-8-16(6-5-15(9)2)12-4-3-10(14)7-11(12)13/h3-4,7,9H,5-6,8,14H2,1-2H3. The number of rotatable bonds is 1. The average molecular weight is 240 g/mol. The van der Waals surface area contributed by atoms with Gasteiger partial charge in [0.15, 0.2) is 0 Å². The highest BCUT2D eigenvalue weighted by Crippen LogP contribution is 2.29. The summed E-state index contributed by atoms with van der Waals surface area (Å²) in [6.07, 6.45) is 0. The lowest BCUT2D eigenvalue weighted by atomic mass is 10.1. The van der Waals surface area contributed by atoms with E-state index in [0.29, 0.717) is 6.04 Å². The molecule has 0 saturated carbocycles. The molecule has 88 valence electrons. The van der Waals surface area contributed by atoms with Gasteiger partial charge in [0.05, 0.1) is 10.7 Å². The van der Waals surface area contributed by atoms with Crippen molar-refractivity contribution in [2.75, 3.05) is 37.3 Å². The van der Waals surface area contributed by atoms with E-state index in [9.17, 15) is 0 Å². The molecule has 2 rings (SSSR count). The number of nitrogen functional groups attached to an aromatic ring is 1. The number of hydrogen-bond acceptors (Lipinski definition) is 3. The maximum atomic E-state index is 6.21. The average Bonchev–Trinajstić information content (AvgIpc) is 2.22. The van der Waals surface area contributed by atoms with E-state index in [1.165, 1.54) is 0 Å². The fourth-order valence-electron chi connectivity index (χ4n) is 2.05. The number of hydrogen-bond donors (Lipinski definition) is 1. The van der Waals surface area contributed by atoms with Crippen LogP contribution in [0.1, 0.15) is 6.92 Å². The summed E-state index contributed by atoms with van der Waals surface area (Å²) in [4.78, 5) is 4.69. The molecule has 1 fully saturated rings. The minimum atomic E-state index is 0.558. The molecule has 1 saturated heterocycles. The largest absolute Gasteiger partial charge is 0.399 e. The van der Waals surface area contributed by atoms with Gasteiger partial charge in [0.1, 0.15) is 0 Å². The van der Waals surface area contributed by atoms with E-state index in [1.807, 2.05) is 18.2 Å². The molecule has 0 aliphatic carbocycles. The lowest BCUT2D eigenvalue weighted by molar-refractivity contribution is 0.234. The minimum absolute atomic E-state index is 0.558. The third kappa shape index (κ3) is 2.25. The number of piperazine rings is 1. The Morgan fingerprint density at radius 1 is 1.38 bits per heavy atom. The monoisotopic (exact) mass is 239 g/mol. The van der Waals surface area contributed by atoms with Gasteiger partial charge in [-0.15, -0.1) is 0 Å². The van der Waals surface area contributed by atoms with Gasteiger partial charge < -0.3 is 15.5 Å². The number of halogens is 1. The van der Waals surface area contributed by atoms with Gasteiger partial charge in [-0.3, -0.25) is 0 Å². The van der Waals surface area contributed by atoms with Crippen molar-refractivity contribution in [1.29, 1.82) is 0 Å². The van der Waals surface area contributed by atoms with Crippen LogP contribution in [0.15, 0.2) is 18.2 Å². The number of likely N-dealkylation sites (N-methyl/N-ethyl adjacent to an activating group) is 1. The second-order valence-electron chi connectivity index (χ2n) is 4.49. The highest BCUT2D eigenvalue weighted by Gasteiger charge is 2.21. The first kappa shape index (κ1) is 11.6. The summed E-state index contributed by atoms with van der Waals surface area (Å²) in [5.74, 6) is 0. The minimum Gasteiger partial charge on any atom is -0.399 e. The summed E-state index contributed by atoms with van der Waals surface area (Å²) in [7, 11) is 2.16. The molecule has 0 aromatic heterocycles. The smallest absolute Gasteiger partial charge is 0.0660 e. The Labute approximate surface area is 102 Å².